The molecule has 0 radical (unpaired) electrons. The van der Waals surface area contributed by atoms with Crippen LogP contribution in [0.5, 0.6) is 11.5 Å². The van der Waals surface area contributed by atoms with Crippen LogP contribution in [0, 0.1) is 18.2 Å². The molecule has 0 saturated carbocycles. The van der Waals surface area contributed by atoms with Crippen LogP contribution in [0.15, 0.2) is 85.1 Å². The fourth-order valence-corrected chi connectivity index (χ4v) is 3.31. The van der Waals surface area contributed by atoms with Gasteiger partial charge >= 0.3 is 0 Å². The maximum atomic E-state index is 13.0. The average molecular weight is 476 g/mol. The molecule has 0 aromatic heterocycles. The molecule has 0 spiro atoms. The van der Waals surface area contributed by atoms with Crippen LogP contribution < -0.4 is 9.47 Å². The number of ether oxygens (including phenoxy) is 3. The fraction of sp³-hybridized carbons (Fsp3) is 0.233. The van der Waals surface area contributed by atoms with E-state index >= 15 is 0 Å². The van der Waals surface area contributed by atoms with E-state index in [9.17, 15) is 4.39 Å². The lowest BCUT2D eigenvalue weighted by atomic mass is 9.99. The van der Waals surface area contributed by atoms with Gasteiger partial charge in [-0.15, -0.1) is 0 Å². The minimum atomic E-state index is -0.304. The van der Waals surface area contributed by atoms with Crippen LogP contribution in [-0.2, 0) is 11.3 Å². The van der Waals surface area contributed by atoms with Crippen LogP contribution in [0.25, 0.3) is 5.76 Å². The third kappa shape index (κ3) is 8.45. The zero-order valence-electron chi connectivity index (χ0n) is 21.2. The molecule has 184 valence electrons. The van der Waals surface area contributed by atoms with Crippen molar-refractivity contribution in [3.63, 3.8) is 0 Å². The molecule has 35 heavy (non-hydrogen) atoms. The Labute approximate surface area is 208 Å². The van der Waals surface area contributed by atoms with Gasteiger partial charge in [0.2, 0.25) is 0 Å². The summed E-state index contributed by atoms with van der Waals surface area (Å²) >= 11 is 0. The number of rotatable bonds is 10. The molecule has 0 aliphatic carbocycles. The van der Waals surface area contributed by atoms with E-state index in [4.69, 9.17) is 19.6 Å². The van der Waals surface area contributed by atoms with Gasteiger partial charge in [-0.1, -0.05) is 44.7 Å². The Balaban J connectivity index is 0.00000210. The molecule has 0 atom stereocenters. The first-order valence-electron chi connectivity index (χ1n) is 11.6. The van der Waals surface area contributed by atoms with Crippen molar-refractivity contribution in [2.24, 2.45) is 0 Å². The van der Waals surface area contributed by atoms with Gasteiger partial charge in [0.05, 0.1) is 6.26 Å². The van der Waals surface area contributed by atoms with Gasteiger partial charge in [-0.25, -0.2) is 4.39 Å². The van der Waals surface area contributed by atoms with Crippen molar-refractivity contribution in [3.8, 4) is 11.5 Å². The number of aryl methyl sites for hydroxylation is 1. The lowest BCUT2D eigenvalue weighted by molar-refractivity contribution is 0.300. The molecule has 3 aromatic rings. The summed E-state index contributed by atoms with van der Waals surface area (Å²) in [7, 11) is 0. The lowest BCUT2D eigenvalue weighted by Crippen LogP contribution is -2.06. The SMILES string of the molecule is C=C(O/C=C(\C)COc1cccc(OCc2cccc(C)c2C(C)=N)c1)c1ccc(F)cc1.CC. The highest BCUT2D eigenvalue weighted by Gasteiger charge is 2.09. The summed E-state index contributed by atoms with van der Waals surface area (Å²) in [5.41, 5.74) is 5.05. The van der Waals surface area contributed by atoms with Crippen molar-refractivity contribution in [1.29, 1.82) is 5.41 Å². The number of benzene rings is 3. The third-order valence-electron chi connectivity index (χ3n) is 4.97. The predicted octanol–water partition coefficient (Wildman–Crippen LogP) is 8.10. The van der Waals surface area contributed by atoms with Crippen molar-refractivity contribution >= 4 is 11.5 Å². The van der Waals surface area contributed by atoms with E-state index in [1.165, 1.54) is 12.1 Å². The van der Waals surface area contributed by atoms with Crippen LogP contribution in [0.2, 0.25) is 0 Å². The number of hydrogen-bond donors (Lipinski definition) is 1. The van der Waals surface area contributed by atoms with E-state index in [1.54, 1.807) is 25.3 Å². The first-order valence-corrected chi connectivity index (χ1v) is 11.6. The minimum Gasteiger partial charge on any atom is -0.489 e. The van der Waals surface area contributed by atoms with Gasteiger partial charge in [-0.3, -0.25) is 0 Å². The Morgan fingerprint density at radius 3 is 2.23 bits per heavy atom. The highest BCUT2D eigenvalue weighted by Crippen LogP contribution is 2.23. The molecule has 0 heterocycles. The smallest absolute Gasteiger partial charge is 0.126 e. The molecule has 3 aromatic carbocycles. The molecular formula is C30H34FNO3. The molecule has 0 fully saturated rings. The summed E-state index contributed by atoms with van der Waals surface area (Å²) in [5.74, 6) is 1.48. The van der Waals surface area contributed by atoms with Gasteiger partial charge in [0.15, 0.2) is 0 Å². The Bertz CT molecular complexity index is 1170. The monoisotopic (exact) mass is 475 g/mol. The van der Waals surface area contributed by atoms with Crippen LogP contribution in [0.3, 0.4) is 0 Å². The molecule has 0 saturated heterocycles. The second-order valence-electron chi connectivity index (χ2n) is 7.80. The van der Waals surface area contributed by atoms with Crippen molar-refractivity contribution in [2.75, 3.05) is 6.61 Å². The summed E-state index contributed by atoms with van der Waals surface area (Å²) in [5, 5.41) is 8.04. The zero-order valence-corrected chi connectivity index (χ0v) is 21.2. The highest BCUT2D eigenvalue weighted by molar-refractivity contribution is 5.98. The summed E-state index contributed by atoms with van der Waals surface area (Å²) in [6.07, 6.45) is 1.57. The van der Waals surface area contributed by atoms with Gasteiger partial charge in [0.25, 0.3) is 0 Å². The fourth-order valence-electron chi connectivity index (χ4n) is 3.31. The summed E-state index contributed by atoms with van der Waals surface area (Å²) in [6, 6.07) is 19.4. The minimum absolute atomic E-state index is 0.304. The van der Waals surface area contributed by atoms with E-state index < -0.39 is 0 Å². The van der Waals surface area contributed by atoms with E-state index in [-0.39, 0.29) is 5.82 Å². The van der Waals surface area contributed by atoms with Crippen molar-refractivity contribution in [3.05, 3.63) is 113 Å². The highest BCUT2D eigenvalue weighted by atomic mass is 19.1. The number of halogens is 1. The molecule has 0 aliphatic rings. The first kappa shape index (κ1) is 27.4. The quantitative estimate of drug-likeness (QED) is 0.238. The molecule has 5 heteroatoms. The Morgan fingerprint density at radius 2 is 1.57 bits per heavy atom. The predicted molar refractivity (Wildman–Crippen MR) is 142 cm³/mol. The topological polar surface area (TPSA) is 51.5 Å². The summed E-state index contributed by atoms with van der Waals surface area (Å²) in [6.45, 7) is 14.2. The van der Waals surface area contributed by atoms with Crippen molar-refractivity contribution < 1.29 is 18.6 Å². The van der Waals surface area contributed by atoms with Crippen molar-refractivity contribution in [2.45, 2.75) is 41.2 Å². The molecule has 1 N–H and O–H groups in total. The largest absolute Gasteiger partial charge is 0.489 e. The van der Waals surface area contributed by atoms with Gasteiger partial charge in [-0.05, 0) is 73.9 Å². The van der Waals surface area contributed by atoms with E-state index in [0.29, 0.717) is 41.7 Å². The molecule has 0 amide bonds. The maximum Gasteiger partial charge on any atom is 0.126 e. The second kappa shape index (κ2) is 13.8. The Hall–Kier alpha value is -3.86. The average Bonchev–Trinajstić information content (AvgIpc) is 2.86. The maximum absolute atomic E-state index is 13.0. The normalized spacial score (nSPS) is 10.6. The molecule has 4 nitrogen and oxygen atoms in total. The van der Waals surface area contributed by atoms with Crippen LogP contribution >= 0.6 is 0 Å². The zero-order chi connectivity index (χ0) is 25.8. The van der Waals surface area contributed by atoms with Crippen LogP contribution in [0.4, 0.5) is 4.39 Å². The Morgan fingerprint density at radius 1 is 0.943 bits per heavy atom. The molecule has 0 unspecified atom stereocenters. The van der Waals surface area contributed by atoms with Crippen molar-refractivity contribution in [1.82, 2.24) is 0 Å². The van der Waals surface area contributed by atoms with Gasteiger partial charge < -0.3 is 19.6 Å². The first-order chi connectivity index (χ1) is 16.8. The van der Waals surface area contributed by atoms with E-state index in [2.05, 4.69) is 6.58 Å². The van der Waals surface area contributed by atoms with Gasteiger partial charge in [-0.2, -0.15) is 0 Å². The van der Waals surface area contributed by atoms with Crippen LogP contribution in [0.1, 0.15) is 49.9 Å². The van der Waals surface area contributed by atoms with Gasteiger partial charge in [0, 0.05) is 22.9 Å². The standard InChI is InChI=1S/C28H28FNO3.C2H6/c1-19(16-31-22(4)23-11-13-25(29)14-12-23)17-32-26-9-6-10-27(15-26)33-18-24-8-5-7-20(2)28(24)21(3)30;1-2/h5-16,30H,4,17-18H2,1-3H3;1-2H3/b19-16+,30-21?;. The summed E-state index contributed by atoms with van der Waals surface area (Å²) in [4.78, 5) is 0. The lowest BCUT2D eigenvalue weighted by Gasteiger charge is -2.14. The van der Waals surface area contributed by atoms with Gasteiger partial charge in [0.1, 0.15) is 36.3 Å². The second-order valence-corrected chi connectivity index (χ2v) is 7.80. The summed E-state index contributed by atoms with van der Waals surface area (Å²) < 4.78 is 30.4. The number of nitrogens with one attached hydrogen (secondary N) is 1. The molecule has 3 rings (SSSR count). The van der Waals surface area contributed by atoms with Crippen LogP contribution in [-0.4, -0.2) is 12.3 Å². The van der Waals surface area contributed by atoms with E-state index in [0.717, 1.165) is 22.3 Å². The molecular weight excluding hydrogens is 441 g/mol. The Kier molecular flexibility index (Phi) is 10.8. The third-order valence-corrected chi connectivity index (χ3v) is 4.97. The number of hydrogen-bond acceptors (Lipinski definition) is 4. The van der Waals surface area contributed by atoms with E-state index in [1.807, 2.05) is 70.2 Å². The molecule has 0 bridgehead atoms. The molecule has 0 aliphatic heterocycles.